The molecule has 0 bridgehead atoms. The number of hydrogen-bond donors (Lipinski definition) is 1. The number of aliphatic hydroxyl groups is 1. The second-order valence-corrected chi connectivity index (χ2v) is 6.78. The van der Waals surface area contributed by atoms with E-state index in [1.807, 2.05) is 10.9 Å². The van der Waals surface area contributed by atoms with Crippen molar-refractivity contribution in [2.75, 3.05) is 11.4 Å². The first-order chi connectivity index (χ1) is 11.8. The molecule has 0 aromatic carbocycles. The molecule has 1 saturated carbocycles. The topological polar surface area (TPSA) is 67.1 Å². The second kappa shape index (κ2) is 6.51. The van der Waals surface area contributed by atoms with Gasteiger partial charge in [0.25, 0.3) is 0 Å². The van der Waals surface area contributed by atoms with Crippen molar-refractivity contribution in [3.05, 3.63) is 34.9 Å². The molecule has 2 aliphatic rings. The van der Waals surface area contributed by atoms with Crippen molar-refractivity contribution in [3.8, 4) is 0 Å². The number of anilines is 1. The molecule has 1 aliphatic heterocycles. The molecule has 1 aliphatic carbocycles. The van der Waals surface area contributed by atoms with E-state index >= 15 is 0 Å². The van der Waals surface area contributed by atoms with Gasteiger partial charge in [0.2, 0.25) is 5.95 Å². The molecular weight excluding hydrogens is 302 g/mol. The molecule has 0 atom stereocenters. The fourth-order valence-electron chi connectivity index (χ4n) is 4.08. The van der Waals surface area contributed by atoms with Crippen LogP contribution in [0.15, 0.2) is 12.3 Å². The zero-order chi connectivity index (χ0) is 16.5. The van der Waals surface area contributed by atoms with Crippen molar-refractivity contribution in [2.45, 2.75) is 64.6 Å². The van der Waals surface area contributed by atoms with E-state index in [0.29, 0.717) is 5.92 Å². The Hall–Kier alpha value is -1.95. The molecule has 128 valence electrons. The Morgan fingerprint density at radius 1 is 1.29 bits per heavy atom. The molecule has 0 unspecified atom stereocenters. The van der Waals surface area contributed by atoms with E-state index in [1.165, 1.54) is 37.1 Å². The summed E-state index contributed by atoms with van der Waals surface area (Å²) in [6.45, 7) is 4.56. The lowest BCUT2D eigenvalue weighted by Gasteiger charge is -2.28. The van der Waals surface area contributed by atoms with E-state index in [2.05, 4.69) is 28.0 Å². The van der Waals surface area contributed by atoms with Gasteiger partial charge in [0.05, 0.1) is 12.3 Å². The maximum atomic E-state index is 9.62. The van der Waals surface area contributed by atoms with Crippen LogP contribution in [0.5, 0.6) is 0 Å². The van der Waals surface area contributed by atoms with E-state index in [9.17, 15) is 5.11 Å². The number of hydrogen-bond acceptors (Lipinski definition) is 5. The number of nitrogens with zero attached hydrogens (tertiary/aromatic N) is 5. The van der Waals surface area contributed by atoms with Crippen LogP contribution in [-0.4, -0.2) is 31.4 Å². The molecule has 3 heterocycles. The molecule has 6 heteroatoms. The quantitative estimate of drug-likeness (QED) is 0.934. The third-order valence-corrected chi connectivity index (χ3v) is 5.39. The lowest BCUT2D eigenvalue weighted by Crippen LogP contribution is -2.33. The van der Waals surface area contributed by atoms with Gasteiger partial charge in [-0.15, -0.1) is 0 Å². The highest BCUT2D eigenvalue weighted by Gasteiger charge is 2.26. The van der Waals surface area contributed by atoms with Gasteiger partial charge in [0, 0.05) is 55.1 Å². The van der Waals surface area contributed by atoms with Crippen LogP contribution in [0.4, 0.5) is 5.95 Å². The number of aromatic nitrogens is 4. The van der Waals surface area contributed by atoms with Crippen molar-refractivity contribution in [2.24, 2.45) is 0 Å². The highest BCUT2D eigenvalue weighted by Crippen LogP contribution is 2.33. The van der Waals surface area contributed by atoms with Crippen molar-refractivity contribution in [1.29, 1.82) is 0 Å². The van der Waals surface area contributed by atoms with Crippen LogP contribution in [-0.2, 0) is 26.1 Å². The molecule has 1 fully saturated rings. The van der Waals surface area contributed by atoms with Crippen LogP contribution in [0.2, 0.25) is 0 Å². The average molecular weight is 327 g/mol. The van der Waals surface area contributed by atoms with Gasteiger partial charge in [-0.2, -0.15) is 5.10 Å². The van der Waals surface area contributed by atoms with Gasteiger partial charge in [-0.05, 0) is 25.8 Å². The molecule has 24 heavy (non-hydrogen) atoms. The average Bonchev–Trinajstić information content (AvgIpc) is 3.29. The first-order valence-corrected chi connectivity index (χ1v) is 9.06. The Kier molecular flexibility index (Phi) is 4.22. The fourth-order valence-corrected chi connectivity index (χ4v) is 4.08. The Labute approximate surface area is 142 Å². The van der Waals surface area contributed by atoms with Gasteiger partial charge in [-0.25, -0.2) is 9.97 Å². The predicted octanol–water partition coefficient (Wildman–Crippen LogP) is 2.41. The van der Waals surface area contributed by atoms with Gasteiger partial charge in [-0.3, -0.25) is 4.68 Å². The minimum atomic E-state index is -0.00779. The summed E-state index contributed by atoms with van der Waals surface area (Å²) >= 11 is 0. The van der Waals surface area contributed by atoms with E-state index in [4.69, 9.17) is 4.98 Å². The van der Waals surface area contributed by atoms with Crippen LogP contribution in [0.25, 0.3) is 0 Å². The summed E-state index contributed by atoms with van der Waals surface area (Å²) in [4.78, 5) is 11.6. The van der Waals surface area contributed by atoms with Gasteiger partial charge in [0.15, 0.2) is 0 Å². The molecule has 0 saturated heterocycles. The maximum absolute atomic E-state index is 9.62. The third kappa shape index (κ3) is 2.69. The summed E-state index contributed by atoms with van der Waals surface area (Å²) in [6.07, 6.45) is 7.94. The highest BCUT2D eigenvalue weighted by atomic mass is 16.3. The first kappa shape index (κ1) is 15.6. The van der Waals surface area contributed by atoms with Gasteiger partial charge < -0.3 is 10.0 Å². The monoisotopic (exact) mass is 327 g/mol. The summed E-state index contributed by atoms with van der Waals surface area (Å²) in [6, 6.07) is 2.07. The van der Waals surface area contributed by atoms with Gasteiger partial charge >= 0.3 is 0 Å². The van der Waals surface area contributed by atoms with Crippen molar-refractivity contribution in [3.63, 3.8) is 0 Å². The van der Waals surface area contributed by atoms with Crippen molar-refractivity contribution in [1.82, 2.24) is 19.7 Å². The van der Waals surface area contributed by atoms with E-state index in [0.717, 1.165) is 43.3 Å². The summed E-state index contributed by atoms with van der Waals surface area (Å²) in [7, 11) is 0. The molecule has 4 rings (SSSR count). The molecule has 6 nitrogen and oxygen atoms in total. The number of fused-ring (bicyclic) bond motifs is 1. The summed E-state index contributed by atoms with van der Waals surface area (Å²) in [5.41, 5.74) is 4.39. The molecule has 1 N–H and O–H groups in total. The van der Waals surface area contributed by atoms with Crippen LogP contribution in [0, 0.1) is 0 Å². The fraction of sp³-hybridized carbons (Fsp3) is 0.611. The smallest absolute Gasteiger partial charge is 0.225 e. The second-order valence-electron chi connectivity index (χ2n) is 6.78. The Balaban J connectivity index is 1.60. The first-order valence-electron chi connectivity index (χ1n) is 9.06. The number of aryl methyl sites for hydroxylation is 1. The molecular formula is C18H25N5O. The van der Waals surface area contributed by atoms with Crippen LogP contribution in [0.1, 0.15) is 61.2 Å². The predicted molar refractivity (Wildman–Crippen MR) is 91.8 cm³/mol. The molecule has 2 aromatic heterocycles. The third-order valence-electron chi connectivity index (χ3n) is 5.39. The zero-order valence-corrected chi connectivity index (χ0v) is 14.3. The minimum Gasteiger partial charge on any atom is -0.390 e. The van der Waals surface area contributed by atoms with E-state index < -0.39 is 0 Å². The van der Waals surface area contributed by atoms with Crippen molar-refractivity contribution < 1.29 is 5.11 Å². The van der Waals surface area contributed by atoms with Crippen molar-refractivity contribution >= 4 is 5.95 Å². The van der Waals surface area contributed by atoms with Crippen LogP contribution in [0.3, 0.4) is 0 Å². The Morgan fingerprint density at radius 2 is 2.12 bits per heavy atom. The highest BCUT2D eigenvalue weighted by molar-refractivity contribution is 5.40. The lowest BCUT2D eigenvalue weighted by atomic mass is 10.0. The molecule has 0 amide bonds. The largest absolute Gasteiger partial charge is 0.390 e. The maximum Gasteiger partial charge on any atom is 0.225 e. The zero-order valence-electron chi connectivity index (χ0n) is 14.3. The number of rotatable bonds is 4. The Bertz CT molecular complexity index is 720. The van der Waals surface area contributed by atoms with E-state index in [-0.39, 0.29) is 6.61 Å². The standard InChI is InChI=1S/C18H25N5O/c1-2-23-17-8-10-22(11-14(17)16(12-24)21-23)18-19-9-7-15(20-18)13-5-3-4-6-13/h7,9,13,24H,2-6,8,10-12H2,1H3. The van der Waals surface area contributed by atoms with Gasteiger partial charge in [-0.1, -0.05) is 12.8 Å². The number of aliphatic hydroxyl groups excluding tert-OH is 1. The van der Waals surface area contributed by atoms with Crippen LogP contribution < -0.4 is 4.90 Å². The summed E-state index contributed by atoms with van der Waals surface area (Å²) < 4.78 is 2.02. The minimum absolute atomic E-state index is 0.00779. The molecule has 2 aromatic rings. The van der Waals surface area contributed by atoms with E-state index in [1.54, 1.807) is 0 Å². The Morgan fingerprint density at radius 3 is 2.88 bits per heavy atom. The molecule has 0 spiro atoms. The summed E-state index contributed by atoms with van der Waals surface area (Å²) in [5.74, 6) is 1.42. The van der Waals surface area contributed by atoms with Gasteiger partial charge in [0.1, 0.15) is 0 Å². The summed E-state index contributed by atoms with van der Waals surface area (Å²) in [5, 5.41) is 14.2. The molecule has 0 radical (unpaired) electrons. The van der Waals surface area contributed by atoms with Crippen LogP contribution >= 0.6 is 0 Å². The SMILES string of the molecule is CCn1nc(CO)c2c1CCN(c1nccc(C3CCCC3)n1)C2. The lowest BCUT2D eigenvalue weighted by molar-refractivity contribution is 0.274. The normalized spacial score (nSPS) is 18.2.